The quantitative estimate of drug-likeness (QED) is 0.607. The van der Waals surface area contributed by atoms with E-state index in [-0.39, 0.29) is 0 Å². The maximum absolute atomic E-state index is 11.5. The summed E-state index contributed by atoms with van der Waals surface area (Å²) in [6, 6.07) is 5.08. The van der Waals surface area contributed by atoms with Crippen molar-refractivity contribution in [1.82, 2.24) is 0 Å². The van der Waals surface area contributed by atoms with Gasteiger partial charge >= 0.3 is 11.9 Å². The number of thiophene rings is 1. The zero-order chi connectivity index (χ0) is 12.4. The van der Waals surface area contributed by atoms with Gasteiger partial charge in [0.05, 0.1) is 12.7 Å². The van der Waals surface area contributed by atoms with Crippen LogP contribution in [0.25, 0.3) is 10.1 Å². The summed E-state index contributed by atoms with van der Waals surface area (Å²) in [7, 11) is 1.31. The summed E-state index contributed by atoms with van der Waals surface area (Å²) < 4.78 is 10.6. The van der Waals surface area contributed by atoms with Gasteiger partial charge in [-0.25, -0.2) is 4.79 Å². The molecule has 4 nitrogen and oxygen atoms in total. The molecule has 0 fully saturated rings. The molecular formula is C12H10O4S. The van der Waals surface area contributed by atoms with E-state index in [0.29, 0.717) is 11.3 Å². The standard InChI is InChI=1S/C12H10O4S/c1-7(13)16-10-5-8(12(14)15-2)6-11-9(10)3-4-17-11/h3-6H,1-2H3. The van der Waals surface area contributed by atoms with Gasteiger partial charge in [0.1, 0.15) is 5.75 Å². The van der Waals surface area contributed by atoms with Gasteiger partial charge in [-0.05, 0) is 23.6 Å². The summed E-state index contributed by atoms with van der Waals surface area (Å²) in [5.41, 5.74) is 0.374. The maximum Gasteiger partial charge on any atom is 0.338 e. The van der Waals surface area contributed by atoms with Gasteiger partial charge < -0.3 is 9.47 Å². The van der Waals surface area contributed by atoms with Crippen molar-refractivity contribution in [2.45, 2.75) is 6.92 Å². The maximum atomic E-state index is 11.5. The second kappa shape index (κ2) is 4.55. The van der Waals surface area contributed by atoms with E-state index in [1.807, 2.05) is 11.4 Å². The number of esters is 2. The van der Waals surface area contributed by atoms with Gasteiger partial charge in [-0.2, -0.15) is 0 Å². The van der Waals surface area contributed by atoms with E-state index < -0.39 is 11.9 Å². The fourth-order valence-corrected chi connectivity index (χ4v) is 2.35. The number of ether oxygens (including phenoxy) is 2. The highest BCUT2D eigenvalue weighted by atomic mass is 32.1. The van der Waals surface area contributed by atoms with E-state index in [9.17, 15) is 9.59 Å². The van der Waals surface area contributed by atoms with E-state index >= 15 is 0 Å². The van der Waals surface area contributed by atoms with Crippen molar-refractivity contribution in [1.29, 1.82) is 0 Å². The second-order valence-electron chi connectivity index (χ2n) is 3.39. The number of hydrogen-bond donors (Lipinski definition) is 0. The lowest BCUT2D eigenvalue weighted by molar-refractivity contribution is -0.131. The van der Waals surface area contributed by atoms with Crippen LogP contribution >= 0.6 is 11.3 Å². The van der Waals surface area contributed by atoms with Crippen LogP contribution < -0.4 is 4.74 Å². The lowest BCUT2D eigenvalue weighted by Gasteiger charge is -2.05. The molecule has 88 valence electrons. The number of fused-ring (bicyclic) bond motifs is 1. The largest absolute Gasteiger partial charge is 0.465 e. The first-order valence-corrected chi connectivity index (χ1v) is 5.78. The van der Waals surface area contributed by atoms with Crippen LogP contribution in [0.4, 0.5) is 0 Å². The third-order valence-corrected chi connectivity index (χ3v) is 3.07. The normalized spacial score (nSPS) is 10.2. The highest BCUT2D eigenvalue weighted by Gasteiger charge is 2.13. The van der Waals surface area contributed by atoms with Crippen LogP contribution in [0, 0.1) is 0 Å². The molecule has 0 N–H and O–H groups in total. The van der Waals surface area contributed by atoms with Crippen LogP contribution in [-0.2, 0) is 9.53 Å². The zero-order valence-electron chi connectivity index (χ0n) is 9.35. The summed E-state index contributed by atoms with van der Waals surface area (Å²) in [4.78, 5) is 22.5. The van der Waals surface area contributed by atoms with Gasteiger partial charge in [0.25, 0.3) is 0 Å². The second-order valence-corrected chi connectivity index (χ2v) is 4.34. The first-order valence-electron chi connectivity index (χ1n) is 4.90. The van der Waals surface area contributed by atoms with Crippen LogP contribution in [-0.4, -0.2) is 19.0 Å². The Kier molecular flexibility index (Phi) is 3.10. The fourth-order valence-electron chi connectivity index (χ4n) is 1.51. The number of rotatable bonds is 2. The number of carbonyl (C=O) groups excluding carboxylic acids is 2. The minimum atomic E-state index is -0.450. The van der Waals surface area contributed by atoms with Crippen LogP contribution in [0.5, 0.6) is 5.75 Å². The molecule has 0 saturated carbocycles. The topological polar surface area (TPSA) is 52.6 Å². The van der Waals surface area contributed by atoms with Crippen LogP contribution in [0.2, 0.25) is 0 Å². The molecule has 1 heterocycles. The Morgan fingerprint density at radius 1 is 1.29 bits per heavy atom. The molecule has 0 radical (unpaired) electrons. The summed E-state index contributed by atoms with van der Waals surface area (Å²) in [6.07, 6.45) is 0. The molecule has 2 aromatic rings. The molecule has 0 aliphatic carbocycles. The smallest absolute Gasteiger partial charge is 0.338 e. The van der Waals surface area contributed by atoms with Gasteiger partial charge in [-0.1, -0.05) is 0 Å². The summed E-state index contributed by atoms with van der Waals surface area (Å²) in [5, 5.41) is 2.69. The lowest BCUT2D eigenvalue weighted by Crippen LogP contribution is -2.05. The van der Waals surface area contributed by atoms with Crippen molar-refractivity contribution in [3.63, 3.8) is 0 Å². The zero-order valence-corrected chi connectivity index (χ0v) is 10.2. The predicted octanol–water partition coefficient (Wildman–Crippen LogP) is 2.61. The molecule has 17 heavy (non-hydrogen) atoms. The summed E-state index contributed by atoms with van der Waals surface area (Å²) in [5.74, 6) is -0.482. The Hall–Kier alpha value is -1.88. The van der Waals surface area contributed by atoms with Crippen molar-refractivity contribution in [2.75, 3.05) is 7.11 Å². The molecule has 0 saturated heterocycles. The molecule has 2 rings (SSSR count). The molecule has 0 aliphatic rings. The molecule has 0 amide bonds. The van der Waals surface area contributed by atoms with Gasteiger partial charge in [0.15, 0.2) is 0 Å². The Balaban J connectivity index is 2.58. The monoisotopic (exact) mass is 250 g/mol. The molecule has 0 spiro atoms. The van der Waals surface area contributed by atoms with Crippen molar-refractivity contribution < 1.29 is 19.1 Å². The molecule has 0 bridgehead atoms. The molecule has 5 heteroatoms. The number of methoxy groups -OCH3 is 1. The molecular weight excluding hydrogens is 240 g/mol. The number of hydrogen-bond acceptors (Lipinski definition) is 5. The Morgan fingerprint density at radius 3 is 2.71 bits per heavy atom. The minimum absolute atomic E-state index is 0.374. The minimum Gasteiger partial charge on any atom is -0.465 e. The molecule has 1 aromatic heterocycles. The van der Waals surface area contributed by atoms with Crippen LogP contribution in [0.3, 0.4) is 0 Å². The lowest BCUT2D eigenvalue weighted by atomic mass is 10.1. The third-order valence-electron chi connectivity index (χ3n) is 2.21. The molecule has 0 aliphatic heterocycles. The average molecular weight is 250 g/mol. The van der Waals surface area contributed by atoms with Crippen molar-refractivity contribution in [2.24, 2.45) is 0 Å². The Bertz CT molecular complexity index is 585. The van der Waals surface area contributed by atoms with Crippen LogP contribution in [0.15, 0.2) is 23.6 Å². The molecule has 1 aromatic carbocycles. The molecule has 0 unspecified atom stereocenters. The Labute approximate surface area is 102 Å². The van der Waals surface area contributed by atoms with E-state index in [1.54, 1.807) is 6.07 Å². The van der Waals surface area contributed by atoms with Crippen molar-refractivity contribution in [3.8, 4) is 5.75 Å². The molecule has 0 atom stereocenters. The third kappa shape index (κ3) is 2.29. The van der Waals surface area contributed by atoms with Crippen molar-refractivity contribution >= 4 is 33.4 Å². The highest BCUT2D eigenvalue weighted by molar-refractivity contribution is 7.17. The summed E-state index contributed by atoms with van der Waals surface area (Å²) >= 11 is 1.47. The van der Waals surface area contributed by atoms with Gasteiger partial charge in [-0.3, -0.25) is 4.79 Å². The predicted molar refractivity (Wildman–Crippen MR) is 64.5 cm³/mol. The van der Waals surface area contributed by atoms with Gasteiger partial charge in [0, 0.05) is 17.0 Å². The van der Waals surface area contributed by atoms with Crippen molar-refractivity contribution in [3.05, 3.63) is 29.1 Å². The SMILES string of the molecule is COC(=O)c1cc(OC(C)=O)c2ccsc2c1. The van der Waals surface area contributed by atoms with E-state index in [0.717, 1.165) is 10.1 Å². The average Bonchev–Trinajstić information content (AvgIpc) is 2.75. The Morgan fingerprint density at radius 2 is 2.06 bits per heavy atom. The number of carbonyl (C=O) groups is 2. The van der Waals surface area contributed by atoms with Gasteiger partial charge in [0.2, 0.25) is 0 Å². The van der Waals surface area contributed by atoms with E-state index in [1.165, 1.54) is 31.4 Å². The summed E-state index contributed by atoms with van der Waals surface area (Å²) in [6.45, 7) is 1.32. The van der Waals surface area contributed by atoms with Gasteiger partial charge in [-0.15, -0.1) is 11.3 Å². The highest BCUT2D eigenvalue weighted by Crippen LogP contribution is 2.31. The van der Waals surface area contributed by atoms with E-state index in [4.69, 9.17) is 4.74 Å². The first-order chi connectivity index (χ1) is 8.11. The van der Waals surface area contributed by atoms with E-state index in [2.05, 4.69) is 4.74 Å². The number of benzene rings is 1. The van der Waals surface area contributed by atoms with Crippen LogP contribution in [0.1, 0.15) is 17.3 Å². The first kappa shape index (κ1) is 11.6. The fraction of sp³-hybridized carbons (Fsp3) is 0.167.